The van der Waals surface area contributed by atoms with E-state index in [0.29, 0.717) is 30.3 Å². The highest BCUT2D eigenvalue weighted by molar-refractivity contribution is 7.09. The van der Waals surface area contributed by atoms with Gasteiger partial charge in [0.2, 0.25) is 5.91 Å². The third-order valence-corrected chi connectivity index (χ3v) is 6.34. The van der Waals surface area contributed by atoms with Crippen molar-refractivity contribution in [1.82, 2.24) is 4.90 Å². The highest BCUT2D eigenvalue weighted by atomic mass is 32.1. The van der Waals surface area contributed by atoms with Gasteiger partial charge in [-0.3, -0.25) is 9.59 Å². The van der Waals surface area contributed by atoms with E-state index in [4.69, 9.17) is 9.47 Å². The Kier molecular flexibility index (Phi) is 6.46. The van der Waals surface area contributed by atoms with Crippen LogP contribution in [-0.4, -0.2) is 56.0 Å². The molecule has 1 aromatic carbocycles. The molecule has 1 saturated heterocycles. The Bertz CT molecular complexity index is 845. The van der Waals surface area contributed by atoms with Crippen LogP contribution in [0.2, 0.25) is 0 Å². The molecule has 7 heteroatoms. The molecule has 0 atom stereocenters. The van der Waals surface area contributed by atoms with E-state index in [0.717, 1.165) is 39.1 Å². The average molecular weight is 416 g/mol. The predicted octanol–water partition coefficient (Wildman–Crippen LogP) is 1.80. The SMILES string of the molecule is O=C(CCC(=O)N1CC[NH+](Cc2cccs2)CC1)c1ccc2c(c1)OCCCO2. The predicted molar refractivity (Wildman–Crippen MR) is 111 cm³/mol. The van der Waals surface area contributed by atoms with Crippen LogP contribution in [-0.2, 0) is 11.3 Å². The number of fused-ring (bicyclic) bond motifs is 1. The first kappa shape index (κ1) is 19.9. The molecular formula is C22H27N2O4S+. The summed E-state index contributed by atoms with van der Waals surface area (Å²) in [5, 5.41) is 2.11. The van der Waals surface area contributed by atoms with Crippen LogP contribution in [0.1, 0.15) is 34.5 Å². The largest absolute Gasteiger partial charge is 0.490 e. The van der Waals surface area contributed by atoms with Gasteiger partial charge in [0.25, 0.3) is 0 Å². The molecule has 0 saturated carbocycles. The molecular weight excluding hydrogens is 388 g/mol. The lowest BCUT2D eigenvalue weighted by molar-refractivity contribution is -0.917. The summed E-state index contributed by atoms with van der Waals surface area (Å²) in [6, 6.07) is 9.53. The molecule has 1 amide bonds. The number of hydrogen-bond donors (Lipinski definition) is 1. The Morgan fingerprint density at radius 3 is 2.59 bits per heavy atom. The molecule has 0 radical (unpaired) electrons. The molecule has 0 unspecified atom stereocenters. The van der Waals surface area contributed by atoms with Gasteiger partial charge < -0.3 is 19.3 Å². The molecule has 3 heterocycles. The number of ketones is 1. The minimum Gasteiger partial charge on any atom is -0.490 e. The summed E-state index contributed by atoms with van der Waals surface area (Å²) < 4.78 is 11.3. The molecule has 0 aliphatic carbocycles. The van der Waals surface area contributed by atoms with Crippen molar-refractivity contribution in [1.29, 1.82) is 0 Å². The van der Waals surface area contributed by atoms with E-state index >= 15 is 0 Å². The number of piperazine rings is 1. The van der Waals surface area contributed by atoms with Crippen molar-refractivity contribution in [3.63, 3.8) is 0 Å². The van der Waals surface area contributed by atoms with Crippen molar-refractivity contribution < 1.29 is 24.0 Å². The number of ether oxygens (including phenoxy) is 2. The quantitative estimate of drug-likeness (QED) is 0.731. The smallest absolute Gasteiger partial charge is 0.223 e. The second kappa shape index (κ2) is 9.41. The molecule has 6 nitrogen and oxygen atoms in total. The number of carbonyl (C=O) groups is 2. The molecule has 1 aromatic heterocycles. The Hall–Kier alpha value is -2.38. The number of nitrogens with zero attached hydrogens (tertiary/aromatic N) is 1. The van der Waals surface area contributed by atoms with Crippen molar-refractivity contribution in [2.75, 3.05) is 39.4 Å². The van der Waals surface area contributed by atoms with E-state index in [-0.39, 0.29) is 24.5 Å². The zero-order valence-corrected chi connectivity index (χ0v) is 17.3. The zero-order valence-electron chi connectivity index (χ0n) is 16.5. The molecule has 4 rings (SSSR count). The molecule has 154 valence electrons. The Morgan fingerprint density at radius 1 is 1.03 bits per heavy atom. The van der Waals surface area contributed by atoms with Gasteiger partial charge in [-0.25, -0.2) is 0 Å². The van der Waals surface area contributed by atoms with Crippen LogP contribution >= 0.6 is 11.3 Å². The summed E-state index contributed by atoms with van der Waals surface area (Å²) in [7, 11) is 0. The van der Waals surface area contributed by atoms with Crippen molar-refractivity contribution in [2.24, 2.45) is 0 Å². The van der Waals surface area contributed by atoms with Crippen LogP contribution in [0.5, 0.6) is 11.5 Å². The van der Waals surface area contributed by atoms with Crippen LogP contribution < -0.4 is 14.4 Å². The lowest BCUT2D eigenvalue weighted by Crippen LogP contribution is -3.13. The summed E-state index contributed by atoms with van der Waals surface area (Å²) in [4.78, 5) is 29.9. The Balaban J connectivity index is 1.24. The van der Waals surface area contributed by atoms with E-state index in [9.17, 15) is 9.59 Å². The first-order valence-corrected chi connectivity index (χ1v) is 11.1. The number of rotatable bonds is 6. The van der Waals surface area contributed by atoms with Gasteiger partial charge >= 0.3 is 0 Å². The fourth-order valence-electron chi connectivity index (χ4n) is 3.77. The summed E-state index contributed by atoms with van der Waals surface area (Å²) in [5.41, 5.74) is 0.576. The van der Waals surface area contributed by atoms with Gasteiger partial charge in [0, 0.05) is 24.8 Å². The van der Waals surface area contributed by atoms with Crippen LogP contribution in [0.25, 0.3) is 0 Å². The minimum absolute atomic E-state index is 0.0315. The minimum atomic E-state index is -0.0315. The summed E-state index contributed by atoms with van der Waals surface area (Å²) >= 11 is 1.79. The van der Waals surface area contributed by atoms with Gasteiger partial charge in [0.1, 0.15) is 6.54 Å². The van der Waals surface area contributed by atoms with Crippen LogP contribution in [0.3, 0.4) is 0 Å². The maximum atomic E-state index is 12.6. The third kappa shape index (κ3) is 5.16. The number of Topliss-reactive ketones (excluding diaryl/α,β-unsaturated/α-hetero) is 1. The van der Waals surface area contributed by atoms with E-state index in [1.165, 1.54) is 9.78 Å². The van der Waals surface area contributed by atoms with E-state index in [2.05, 4.69) is 17.5 Å². The number of hydrogen-bond acceptors (Lipinski definition) is 5. The molecule has 1 N–H and O–H groups in total. The highest BCUT2D eigenvalue weighted by Gasteiger charge is 2.24. The Labute approximate surface area is 175 Å². The summed E-state index contributed by atoms with van der Waals surface area (Å²) in [5.74, 6) is 1.33. The van der Waals surface area contributed by atoms with Crippen LogP contribution in [0.15, 0.2) is 35.7 Å². The lowest BCUT2D eigenvalue weighted by atomic mass is 10.1. The molecule has 2 aliphatic heterocycles. The number of quaternary nitrogens is 1. The van der Waals surface area contributed by atoms with Gasteiger partial charge in [-0.2, -0.15) is 0 Å². The van der Waals surface area contributed by atoms with Gasteiger partial charge in [-0.05, 0) is 29.6 Å². The van der Waals surface area contributed by atoms with Crippen molar-refractivity contribution in [2.45, 2.75) is 25.8 Å². The first-order chi connectivity index (χ1) is 14.2. The number of carbonyl (C=O) groups excluding carboxylic acids is 2. The van der Waals surface area contributed by atoms with Crippen LogP contribution in [0.4, 0.5) is 0 Å². The molecule has 29 heavy (non-hydrogen) atoms. The topological polar surface area (TPSA) is 60.3 Å². The molecule has 0 spiro atoms. The number of amides is 1. The molecule has 1 fully saturated rings. The zero-order chi connectivity index (χ0) is 20.1. The standard InChI is InChI=1S/C22H26N2O4S/c25-19(17-4-6-20-21(15-17)28-13-2-12-27-20)5-7-22(26)24-10-8-23(9-11-24)16-18-3-1-14-29-18/h1,3-4,6,14-15H,2,5,7-13,16H2/p+1. The van der Waals surface area contributed by atoms with E-state index < -0.39 is 0 Å². The second-order valence-corrected chi connectivity index (χ2v) is 8.55. The fraction of sp³-hybridized carbons (Fsp3) is 0.455. The van der Waals surface area contributed by atoms with Gasteiger partial charge in [-0.1, -0.05) is 6.07 Å². The first-order valence-electron chi connectivity index (χ1n) is 10.3. The number of benzene rings is 1. The van der Waals surface area contributed by atoms with Gasteiger partial charge in [-0.15, -0.1) is 11.3 Å². The lowest BCUT2D eigenvalue weighted by Gasteiger charge is -2.32. The third-order valence-electron chi connectivity index (χ3n) is 5.46. The summed E-state index contributed by atoms with van der Waals surface area (Å²) in [6.07, 6.45) is 1.31. The van der Waals surface area contributed by atoms with Gasteiger partial charge in [0.15, 0.2) is 17.3 Å². The van der Waals surface area contributed by atoms with Crippen molar-refractivity contribution in [3.8, 4) is 11.5 Å². The van der Waals surface area contributed by atoms with Gasteiger partial charge in [0.05, 0.1) is 44.3 Å². The second-order valence-electron chi connectivity index (χ2n) is 7.52. The number of thiophene rings is 1. The Morgan fingerprint density at radius 2 is 1.83 bits per heavy atom. The maximum absolute atomic E-state index is 12.6. The van der Waals surface area contributed by atoms with Crippen molar-refractivity contribution >= 4 is 23.0 Å². The normalized spacial score (nSPS) is 17.0. The summed E-state index contributed by atoms with van der Waals surface area (Å²) in [6.45, 7) is 5.68. The molecule has 2 aromatic rings. The molecule has 2 aliphatic rings. The highest BCUT2D eigenvalue weighted by Crippen LogP contribution is 2.30. The average Bonchev–Trinajstić information content (AvgIpc) is 3.14. The van der Waals surface area contributed by atoms with E-state index in [1.807, 2.05) is 4.90 Å². The van der Waals surface area contributed by atoms with Crippen molar-refractivity contribution in [3.05, 3.63) is 46.2 Å². The van der Waals surface area contributed by atoms with Crippen LogP contribution in [0, 0.1) is 0 Å². The molecule has 0 bridgehead atoms. The monoisotopic (exact) mass is 415 g/mol. The number of nitrogens with one attached hydrogen (secondary N) is 1. The maximum Gasteiger partial charge on any atom is 0.223 e. The van der Waals surface area contributed by atoms with E-state index in [1.54, 1.807) is 29.5 Å². The fourth-order valence-corrected chi connectivity index (χ4v) is 4.54.